The van der Waals surface area contributed by atoms with E-state index in [1.54, 1.807) is 14.2 Å². The third-order valence-corrected chi connectivity index (χ3v) is 7.09. The molecule has 0 unspecified atom stereocenters. The van der Waals surface area contributed by atoms with Crippen LogP contribution in [0.5, 0.6) is 11.5 Å². The first-order valence-corrected chi connectivity index (χ1v) is 13.5. The molecule has 40 heavy (non-hydrogen) atoms. The molecule has 2 N–H and O–H groups in total. The van der Waals surface area contributed by atoms with Gasteiger partial charge >= 0.3 is 0 Å². The molecule has 2 aliphatic rings. The van der Waals surface area contributed by atoms with Gasteiger partial charge in [-0.1, -0.05) is 18.2 Å². The average molecular weight is 562 g/mol. The van der Waals surface area contributed by atoms with Crippen molar-refractivity contribution in [2.24, 2.45) is 0 Å². The Morgan fingerprint density at radius 3 is 2.62 bits per heavy atom. The van der Waals surface area contributed by atoms with Crippen molar-refractivity contribution in [2.45, 2.75) is 37.3 Å². The van der Waals surface area contributed by atoms with Crippen LogP contribution >= 0.6 is 0 Å². The molecule has 2 aromatic carbocycles. The van der Waals surface area contributed by atoms with Crippen LogP contribution in [-0.2, 0) is 25.7 Å². The lowest BCUT2D eigenvalue weighted by atomic mass is 9.85. The van der Waals surface area contributed by atoms with Crippen molar-refractivity contribution in [1.82, 2.24) is 5.32 Å². The Morgan fingerprint density at radius 1 is 1.12 bits per heavy atom. The molecule has 2 aliphatic heterocycles. The van der Waals surface area contributed by atoms with Crippen LogP contribution < -0.4 is 19.7 Å². The zero-order valence-electron chi connectivity index (χ0n) is 23.0. The maximum atomic E-state index is 10.5. The maximum absolute atomic E-state index is 10.5. The van der Waals surface area contributed by atoms with E-state index in [1.807, 2.05) is 36.4 Å². The first kappa shape index (κ1) is 29.8. The maximum Gasteiger partial charge on any atom is 0.294 e. The van der Waals surface area contributed by atoms with Crippen molar-refractivity contribution in [3.8, 4) is 11.5 Å². The lowest BCUT2D eigenvalue weighted by Crippen LogP contribution is -2.51. The summed E-state index contributed by atoms with van der Waals surface area (Å²) in [5, 5.41) is 23.0. The molecule has 12 nitrogen and oxygen atoms in total. The van der Waals surface area contributed by atoms with E-state index in [0.717, 1.165) is 47.8 Å². The first-order chi connectivity index (χ1) is 19.5. The molecule has 0 spiro atoms. The van der Waals surface area contributed by atoms with E-state index in [9.17, 15) is 15.2 Å². The number of nitrogens with zero attached hydrogens (tertiary/aromatic N) is 2. The molecule has 4 atom stereocenters. The molecule has 0 saturated carbocycles. The number of benzene rings is 2. The van der Waals surface area contributed by atoms with E-state index in [1.165, 1.54) is 0 Å². The molecule has 2 heterocycles. The van der Waals surface area contributed by atoms with Gasteiger partial charge in [-0.15, -0.1) is 10.1 Å². The Morgan fingerprint density at radius 2 is 1.90 bits per heavy atom. The minimum atomic E-state index is -1.13. The fourth-order valence-corrected chi connectivity index (χ4v) is 5.11. The minimum absolute atomic E-state index is 0.108. The number of fused-ring (bicyclic) bond motifs is 1. The number of aliphatic hydroxyl groups is 1. The van der Waals surface area contributed by atoms with Gasteiger partial charge in [-0.2, -0.15) is 0 Å². The summed E-state index contributed by atoms with van der Waals surface area (Å²) in [6.07, 6.45) is -0.773. The number of anilines is 1. The topological polar surface area (TPSA) is 134 Å². The highest BCUT2D eigenvalue weighted by Gasteiger charge is 2.36. The molecule has 0 radical (unpaired) electrons. The molecule has 12 heteroatoms. The lowest BCUT2D eigenvalue weighted by molar-refractivity contribution is -0.759. The highest BCUT2D eigenvalue weighted by Crippen LogP contribution is 2.35. The van der Waals surface area contributed by atoms with Crippen LogP contribution in [0.25, 0.3) is 0 Å². The van der Waals surface area contributed by atoms with Gasteiger partial charge in [-0.3, -0.25) is 0 Å². The molecule has 4 rings (SSSR count). The van der Waals surface area contributed by atoms with Crippen LogP contribution in [0.1, 0.15) is 23.5 Å². The summed E-state index contributed by atoms with van der Waals surface area (Å²) >= 11 is 0. The van der Waals surface area contributed by atoms with Crippen LogP contribution in [-0.4, -0.2) is 95.3 Å². The predicted molar refractivity (Wildman–Crippen MR) is 147 cm³/mol. The number of ether oxygens (including phenoxy) is 5. The largest absolute Gasteiger partial charge is 0.497 e. The van der Waals surface area contributed by atoms with Crippen LogP contribution in [0, 0.1) is 10.1 Å². The Bertz CT molecular complexity index is 1070. The molecule has 0 aromatic heterocycles. The summed E-state index contributed by atoms with van der Waals surface area (Å²) in [6, 6.07) is 13.9. The SMILES string of the molecule is COCCCN1CCOc2ccc(CO[C@H]3CNC[C@@H](OC[C@@H](O)CO[N+](=O)[O-])[C@@H]3c3ccc(OC)cc3)cc21. The molecule has 0 bridgehead atoms. The second-order valence-corrected chi connectivity index (χ2v) is 9.84. The summed E-state index contributed by atoms with van der Waals surface area (Å²) in [5.74, 6) is 1.46. The molecule has 0 amide bonds. The molecule has 0 aliphatic carbocycles. The molecule has 2 aromatic rings. The summed E-state index contributed by atoms with van der Waals surface area (Å²) in [6.45, 7) is 4.05. The van der Waals surface area contributed by atoms with Crippen molar-refractivity contribution in [1.29, 1.82) is 0 Å². The number of piperidine rings is 1. The van der Waals surface area contributed by atoms with E-state index >= 15 is 0 Å². The molecular weight excluding hydrogens is 522 g/mol. The summed E-state index contributed by atoms with van der Waals surface area (Å²) in [4.78, 5) is 17.1. The molecule has 1 fully saturated rings. The van der Waals surface area contributed by atoms with Gasteiger partial charge in [-0.05, 0) is 41.8 Å². The normalized spacial score (nSPS) is 21.3. The number of aliphatic hydroxyl groups excluding tert-OH is 1. The number of hydrogen-bond donors (Lipinski definition) is 2. The molecule has 220 valence electrons. The predicted octanol–water partition coefficient (Wildman–Crippen LogP) is 2.16. The van der Waals surface area contributed by atoms with E-state index in [4.69, 9.17) is 23.7 Å². The summed E-state index contributed by atoms with van der Waals surface area (Å²) in [5.41, 5.74) is 3.10. The number of hydrogen-bond acceptors (Lipinski definition) is 11. The fourth-order valence-electron chi connectivity index (χ4n) is 5.11. The van der Waals surface area contributed by atoms with Crippen molar-refractivity contribution in [3.63, 3.8) is 0 Å². The number of rotatable bonds is 15. The van der Waals surface area contributed by atoms with Crippen LogP contribution in [0.4, 0.5) is 5.69 Å². The van der Waals surface area contributed by atoms with Gasteiger partial charge in [0, 0.05) is 39.3 Å². The Hall–Kier alpha value is -3.16. The van der Waals surface area contributed by atoms with Crippen molar-refractivity contribution < 1.29 is 38.7 Å². The van der Waals surface area contributed by atoms with Crippen molar-refractivity contribution in [2.75, 3.05) is 71.7 Å². The van der Waals surface area contributed by atoms with Gasteiger partial charge in [0.25, 0.3) is 5.09 Å². The van der Waals surface area contributed by atoms with Crippen molar-refractivity contribution in [3.05, 3.63) is 63.7 Å². The first-order valence-electron chi connectivity index (χ1n) is 13.5. The zero-order valence-corrected chi connectivity index (χ0v) is 23.0. The standard InChI is InChI=1S/C28H39N3O9/c1-35-12-3-10-30-11-13-37-25-9-4-20(14-24(25)30)17-38-26-15-29-16-27(39-18-22(32)19-40-31(33)34)28(26)21-5-7-23(36-2)8-6-21/h4-9,14,22,26-29,32H,3,10-13,15-19H2,1-2H3/t22-,26+,27-,28-/m1/s1. The number of methoxy groups -OCH3 is 2. The Labute approximate surface area is 234 Å². The number of nitrogens with one attached hydrogen (secondary N) is 1. The monoisotopic (exact) mass is 561 g/mol. The quantitative estimate of drug-likeness (QED) is 0.188. The van der Waals surface area contributed by atoms with Gasteiger partial charge < -0.3 is 43.8 Å². The third kappa shape index (κ3) is 8.18. The van der Waals surface area contributed by atoms with Gasteiger partial charge in [0.15, 0.2) is 0 Å². The second-order valence-electron chi connectivity index (χ2n) is 9.84. The van der Waals surface area contributed by atoms with Gasteiger partial charge in [0.1, 0.15) is 30.8 Å². The van der Waals surface area contributed by atoms with Crippen LogP contribution in [0.3, 0.4) is 0 Å². The highest BCUT2D eigenvalue weighted by atomic mass is 17.0. The average Bonchev–Trinajstić information content (AvgIpc) is 2.98. The van der Waals surface area contributed by atoms with E-state index in [-0.39, 0.29) is 24.7 Å². The van der Waals surface area contributed by atoms with E-state index in [2.05, 4.69) is 21.1 Å². The smallest absolute Gasteiger partial charge is 0.294 e. The van der Waals surface area contributed by atoms with Gasteiger partial charge in [0.05, 0.1) is 44.8 Å². The van der Waals surface area contributed by atoms with Crippen LogP contribution in [0.15, 0.2) is 42.5 Å². The summed E-state index contributed by atoms with van der Waals surface area (Å²) < 4.78 is 29.0. The van der Waals surface area contributed by atoms with E-state index < -0.39 is 17.8 Å². The van der Waals surface area contributed by atoms with Crippen molar-refractivity contribution >= 4 is 5.69 Å². The zero-order chi connectivity index (χ0) is 28.3. The highest BCUT2D eigenvalue weighted by molar-refractivity contribution is 5.61. The Balaban J connectivity index is 1.46. The molecular formula is C28H39N3O9. The fraction of sp³-hybridized carbons (Fsp3) is 0.571. The van der Waals surface area contributed by atoms with Gasteiger partial charge in [0.2, 0.25) is 0 Å². The Kier molecular flexibility index (Phi) is 11.2. The third-order valence-electron chi connectivity index (χ3n) is 7.09. The molecule has 1 saturated heterocycles. The second kappa shape index (κ2) is 15.0. The minimum Gasteiger partial charge on any atom is -0.497 e. The van der Waals surface area contributed by atoms with Crippen LogP contribution in [0.2, 0.25) is 0 Å². The lowest BCUT2D eigenvalue weighted by Gasteiger charge is -2.39. The van der Waals surface area contributed by atoms with E-state index in [0.29, 0.717) is 32.9 Å². The summed E-state index contributed by atoms with van der Waals surface area (Å²) in [7, 11) is 3.33. The van der Waals surface area contributed by atoms with Gasteiger partial charge in [-0.25, -0.2) is 0 Å².